The van der Waals surface area contributed by atoms with E-state index in [9.17, 15) is 15.3 Å². The van der Waals surface area contributed by atoms with E-state index in [-0.39, 0.29) is 5.92 Å². The number of rotatable bonds is 5. The van der Waals surface area contributed by atoms with Crippen molar-refractivity contribution in [3.05, 3.63) is 35.5 Å². The second kappa shape index (κ2) is 9.30. The lowest BCUT2D eigenvalue weighted by atomic mass is 9.61. The van der Waals surface area contributed by atoms with E-state index in [0.29, 0.717) is 42.4 Å². The summed E-state index contributed by atoms with van der Waals surface area (Å²) in [7, 11) is 0. The van der Waals surface area contributed by atoms with Gasteiger partial charge in [0, 0.05) is 5.92 Å². The van der Waals surface area contributed by atoms with Crippen molar-refractivity contribution in [2.45, 2.75) is 104 Å². The van der Waals surface area contributed by atoms with Gasteiger partial charge < -0.3 is 15.3 Å². The van der Waals surface area contributed by atoms with Crippen LogP contribution in [-0.4, -0.2) is 33.1 Å². The largest absolute Gasteiger partial charge is 0.393 e. The van der Waals surface area contributed by atoms with Gasteiger partial charge in [0.1, 0.15) is 0 Å². The summed E-state index contributed by atoms with van der Waals surface area (Å²) in [4.78, 5) is 0. The fourth-order valence-corrected chi connectivity index (χ4v) is 6.39. The molecular formula is C27H44O3. The highest BCUT2D eigenvalue weighted by Gasteiger charge is 2.50. The molecule has 0 spiro atoms. The second-order valence-corrected chi connectivity index (χ2v) is 11.3. The van der Waals surface area contributed by atoms with Crippen LogP contribution in [0.1, 0.15) is 86.0 Å². The van der Waals surface area contributed by atoms with Crippen LogP contribution in [0.3, 0.4) is 0 Å². The van der Waals surface area contributed by atoms with Crippen LogP contribution in [0.5, 0.6) is 0 Å². The summed E-state index contributed by atoms with van der Waals surface area (Å²) < 4.78 is 0. The normalized spacial score (nSPS) is 40.1. The van der Waals surface area contributed by atoms with E-state index in [4.69, 9.17) is 0 Å². The van der Waals surface area contributed by atoms with Gasteiger partial charge in [-0.05, 0) is 88.4 Å². The van der Waals surface area contributed by atoms with Gasteiger partial charge in [-0.15, -0.1) is 0 Å². The molecule has 3 nitrogen and oxygen atoms in total. The van der Waals surface area contributed by atoms with Crippen LogP contribution in [0.2, 0.25) is 0 Å². The SMILES string of the molecule is C[C@H](/C=C/[C@H](C)C(C)(C)O)[C@H]1CCC2/C(=C/C=C3\CC(O)C[C@H](O)C3)CCCC21C. The molecule has 3 N–H and O–H groups in total. The molecule has 0 heterocycles. The fourth-order valence-electron chi connectivity index (χ4n) is 6.39. The van der Waals surface area contributed by atoms with Crippen LogP contribution in [0.25, 0.3) is 0 Å². The quantitative estimate of drug-likeness (QED) is 0.514. The average Bonchev–Trinajstić information content (AvgIpc) is 3.00. The van der Waals surface area contributed by atoms with Gasteiger partial charge in [-0.2, -0.15) is 0 Å². The molecule has 3 aliphatic carbocycles. The van der Waals surface area contributed by atoms with Gasteiger partial charge in [0.25, 0.3) is 0 Å². The Kier molecular flexibility index (Phi) is 7.37. The highest BCUT2D eigenvalue weighted by Crippen LogP contribution is 2.59. The molecule has 3 aliphatic rings. The van der Waals surface area contributed by atoms with Crippen LogP contribution in [0, 0.1) is 29.1 Å². The van der Waals surface area contributed by atoms with Crippen molar-refractivity contribution < 1.29 is 15.3 Å². The molecule has 0 aliphatic heterocycles. The van der Waals surface area contributed by atoms with Gasteiger partial charge in [-0.3, -0.25) is 0 Å². The third kappa shape index (κ3) is 5.29. The Hall–Kier alpha value is -0.900. The van der Waals surface area contributed by atoms with Crippen molar-refractivity contribution in [1.82, 2.24) is 0 Å². The zero-order chi connectivity index (χ0) is 22.1. The fraction of sp³-hybridized carbons (Fsp3) is 0.778. The van der Waals surface area contributed by atoms with Gasteiger partial charge in [-0.25, -0.2) is 0 Å². The van der Waals surface area contributed by atoms with Crippen LogP contribution in [-0.2, 0) is 0 Å². The maximum absolute atomic E-state index is 10.2. The molecule has 0 amide bonds. The summed E-state index contributed by atoms with van der Waals surface area (Å²) in [5.74, 6) is 2.00. The molecular weight excluding hydrogens is 372 g/mol. The first-order chi connectivity index (χ1) is 14.0. The number of aliphatic hydroxyl groups is 3. The zero-order valence-corrected chi connectivity index (χ0v) is 19.8. The molecule has 3 rings (SSSR count). The monoisotopic (exact) mass is 416 g/mol. The summed E-state index contributed by atoms with van der Waals surface area (Å²) in [5.41, 5.74) is 2.43. The number of hydrogen-bond donors (Lipinski definition) is 3. The van der Waals surface area contributed by atoms with E-state index in [1.165, 1.54) is 37.7 Å². The van der Waals surface area contributed by atoms with Crippen molar-refractivity contribution in [2.24, 2.45) is 29.1 Å². The molecule has 0 radical (unpaired) electrons. The van der Waals surface area contributed by atoms with E-state index in [2.05, 4.69) is 45.1 Å². The molecule has 0 saturated heterocycles. The van der Waals surface area contributed by atoms with Crippen LogP contribution >= 0.6 is 0 Å². The maximum atomic E-state index is 10.2. The van der Waals surface area contributed by atoms with Crippen molar-refractivity contribution in [3.63, 3.8) is 0 Å². The molecule has 3 fully saturated rings. The Balaban J connectivity index is 1.73. The van der Waals surface area contributed by atoms with Crippen LogP contribution < -0.4 is 0 Å². The van der Waals surface area contributed by atoms with Crippen molar-refractivity contribution in [1.29, 1.82) is 0 Å². The van der Waals surface area contributed by atoms with Gasteiger partial charge in [0.15, 0.2) is 0 Å². The van der Waals surface area contributed by atoms with Crippen molar-refractivity contribution in [3.8, 4) is 0 Å². The van der Waals surface area contributed by atoms with Gasteiger partial charge >= 0.3 is 0 Å². The Morgan fingerprint density at radius 2 is 1.70 bits per heavy atom. The Bertz CT molecular complexity index is 671. The number of hydrogen-bond acceptors (Lipinski definition) is 3. The molecule has 30 heavy (non-hydrogen) atoms. The smallest absolute Gasteiger partial charge is 0.0651 e. The lowest BCUT2D eigenvalue weighted by Gasteiger charge is -2.44. The number of allylic oxidation sites excluding steroid dienone is 4. The molecule has 0 bridgehead atoms. The third-order valence-electron chi connectivity index (χ3n) is 8.56. The van der Waals surface area contributed by atoms with Gasteiger partial charge in [0.2, 0.25) is 0 Å². The highest BCUT2D eigenvalue weighted by atomic mass is 16.3. The molecule has 0 aromatic rings. The van der Waals surface area contributed by atoms with Crippen LogP contribution in [0.15, 0.2) is 35.5 Å². The second-order valence-electron chi connectivity index (χ2n) is 11.3. The molecule has 3 heteroatoms. The van der Waals surface area contributed by atoms with E-state index in [0.717, 1.165) is 0 Å². The van der Waals surface area contributed by atoms with Crippen molar-refractivity contribution >= 4 is 0 Å². The van der Waals surface area contributed by atoms with E-state index < -0.39 is 17.8 Å². The molecule has 0 aromatic heterocycles. The molecule has 0 aromatic carbocycles. The number of aliphatic hydroxyl groups excluding tert-OH is 2. The topological polar surface area (TPSA) is 60.7 Å². The van der Waals surface area contributed by atoms with E-state index in [1.807, 2.05) is 13.8 Å². The van der Waals surface area contributed by atoms with E-state index >= 15 is 0 Å². The molecule has 3 saturated carbocycles. The first-order valence-electron chi connectivity index (χ1n) is 12.2. The van der Waals surface area contributed by atoms with Gasteiger partial charge in [0.05, 0.1) is 17.8 Å². The number of fused-ring (bicyclic) bond motifs is 1. The minimum absolute atomic E-state index is 0.152. The molecule has 7 atom stereocenters. The third-order valence-corrected chi connectivity index (χ3v) is 8.56. The summed E-state index contributed by atoms with van der Waals surface area (Å²) >= 11 is 0. The average molecular weight is 417 g/mol. The molecule has 170 valence electrons. The van der Waals surface area contributed by atoms with E-state index in [1.54, 1.807) is 5.57 Å². The van der Waals surface area contributed by atoms with Gasteiger partial charge in [-0.1, -0.05) is 56.2 Å². The van der Waals surface area contributed by atoms with Crippen molar-refractivity contribution in [2.75, 3.05) is 0 Å². The van der Waals surface area contributed by atoms with Crippen LogP contribution in [0.4, 0.5) is 0 Å². The summed E-state index contributed by atoms with van der Waals surface area (Å²) in [6, 6.07) is 0. The Morgan fingerprint density at radius 1 is 1.03 bits per heavy atom. The predicted molar refractivity (Wildman–Crippen MR) is 124 cm³/mol. The summed E-state index contributed by atoms with van der Waals surface area (Å²) in [5, 5.41) is 30.2. The first-order valence-corrected chi connectivity index (χ1v) is 12.2. The minimum atomic E-state index is -0.674. The summed E-state index contributed by atoms with van der Waals surface area (Å²) in [6.45, 7) is 10.7. The molecule has 3 unspecified atom stereocenters. The zero-order valence-electron chi connectivity index (χ0n) is 19.8. The highest BCUT2D eigenvalue weighted by molar-refractivity contribution is 5.26. The maximum Gasteiger partial charge on any atom is 0.0651 e. The standard InChI is InChI=1S/C27H44O3/c1-18(8-9-19(2)26(3,4)30)24-12-13-25-21(7-6-14-27(24,25)5)11-10-20-15-22(28)17-23(29)16-20/h8-11,18-19,22-25,28-30H,6-7,12-17H2,1-5H3/b9-8+,20-10-,21-11+/t18-,19+,22-,23?,24-,25?,27?/m1/s1. The predicted octanol–water partition coefficient (Wildman–Crippen LogP) is 5.56. The lowest BCUT2D eigenvalue weighted by Crippen LogP contribution is -2.35. The summed E-state index contributed by atoms with van der Waals surface area (Å²) in [6.07, 6.45) is 16.5. The Labute approximate surface area is 184 Å². The lowest BCUT2D eigenvalue weighted by molar-refractivity contribution is 0.0436. The first kappa shape index (κ1) is 23.8. The Morgan fingerprint density at radius 3 is 2.33 bits per heavy atom. The minimum Gasteiger partial charge on any atom is -0.393 e.